The summed E-state index contributed by atoms with van der Waals surface area (Å²) < 4.78 is 4.72. The smallest absolute Gasteiger partial charge is 0.409 e. The van der Waals surface area contributed by atoms with Crippen molar-refractivity contribution in [3.05, 3.63) is 42.0 Å². The standard InChI is InChI=1S/C19H25N3O4/c1-15(20-17(23)10-9-16-7-4-3-5-8-16)18(24)21-11-6-12-22(14-13-21)19(25)26-2/h3-5,7-10,15H,6,11-14H2,1-2H3,(H,20,23)/b10-9+. The van der Waals surface area contributed by atoms with Gasteiger partial charge in [0.25, 0.3) is 0 Å². The van der Waals surface area contributed by atoms with Gasteiger partial charge in [0.1, 0.15) is 6.04 Å². The fourth-order valence-electron chi connectivity index (χ4n) is 2.78. The normalized spacial score (nSPS) is 16.1. The molecular weight excluding hydrogens is 334 g/mol. The van der Waals surface area contributed by atoms with Gasteiger partial charge in [0.15, 0.2) is 0 Å². The molecule has 7 nitrogen and oxygen atoms in total. The lowest BCUT2D eigenvalue weighted by atomic mass is 10.2. The average Bonchev–Trinajstić information content (AvgIpc) is 2.92. The highest BCUT2D eigenvalue weighted by Gasteiger charge is 2.25. The van der Waals surface area contributed by atoms with E-state index in [2.05, 4.69) is 5.32 Å². The quantitative estimate of drug-likeness (QED) is 0.827. The number of carbonyl (C=O) groups excluding carboxylic acids is 3. The van der Waals surface area contributed by atoms with Gasteiger partial charge in [0.05, 0.1) is 7.11 Å². The first-order valence-electron chi connectivity index (χ1n) is 8.66. The summed E-state index contributed by atoms with van der Waals surface area (Å²) >= 11 is 0. The second-order valence-corrected chi connectivity index (χ2v) is 6.11. The van der Waals surface area contributed by atoms with Crippen LogP contribution in [0.4, 0.5) is 4.79 Å². The Morgan fingerprint density at radius 3 is 2.42 bits per heavy atom. The Hall–Kier alpha value is -2.83. The summed E-state index contributed by atoms with van der Waals surface area (Å²) in [5.74, 6) is -0.473. The number of nitrogens with zero attached hydrogens (tertiary/aromatic N) is 2. The van der Waals surface area contributed by atoms with Crippen LogP contribution in [0.25, 0.3) is 6.08 Å². The lowest BCUT2D eigenvalue weighted by Crippen LogP contribution is -2.47. The number of rotatable bonds is 4. The SMILES string of the molecule is COC(=O)N1CCCN(C(=O)C(C)NC(=O)/C=C/c2ccccc2)CC1. The van der Waals surface area contributed by atoms with Gasteiger partial charge in [-0.3, -0.25) is 9.59 Å². The van der Waals surface area contributed by atoms with Crippen LogP contribution in [0.5, 0.6) is 0 Å². The van der Waals surface area contributed by atoms with Crippen molar-refractivity contribution in [2.24, 2.45) is 0 Å². The molecule has 0 aromatic heterocycles. The largest absolute Gasteiger partial charge is 0.453 e. The molecule has 1 fully saturated rings. The predicted octanol–water partition coefficient (Wildman–Crippen LogP) is 1.51. The van der Waals surface area contributed by atoms with Crippen molar-refractivity contribution in [1.29, 1.82) is 0 Å². The summed E-state index contributed by atoms with van der Waals surface area (Å²) in [7, 11) is 1.34. The Morgan fingerprint density at radius 1 is 1.08 bits per heavy atom. The molecule has 3 amide bonds. The van der Waals surface area contributed by atoms with Crippen molar-refractivity contribution in [3.63, 3.8) is 0 Å². The number of hydrogen-bond acceptors (Lipinski definition) is 4. The molecule has 0 bridgehead atoms. The van der Waals surface area contributed by atoms with Gasteiger partial charge in [-0.1, -0.05) is 30.3 Å². The van der Waals surface area contributed by atoms with Crippen molar-refractivity contribution >= 4 is 24.0 Å². The van der Waals surface area contributed by atoms with Crippen molar-refractivity contribution in [3.8, 4) is 0 Å². The highest BCUT2D eigenvalue weighted by molar-refractivity contribution is 5.95. The molecule has 140 valence electrons. The zero-order chi connectivity index (χ0) is 18.9. The van der Waals surface area contributed by atoms with Gasteiger partial charge < -0.3 is 19.9 Å². The lowest BCUT2D eigenvalue weighted by molar-refractivity contribution is -0.135. The van der Waals surface area contributed by atoms with E-state index in [-0.39, 0.29) is 17.9 Å². The maximum Gasteiger partial charge on any atom is 0.409 e. The maximum atomic E-state index is 12.6. The monoisotopic (exact) mass is 359 g/mol. The molecule has 0 spiro atoms. The summed E-state index contributed by atoms with van der Waals surface area (Å²) in [6, 6.07) is 8.83. The van der Waals surface area contributed by atoms with Crippen LogP contribution in [-0.4, -0.2) is 67.0 Å². The topological polar surface area (TPSA) is 79.0 Å². The molecule has 1 aromatic carbocycles. The van der Waals surface area contributed by atoms with Gasteiger partial charge >= 0.3 is 6.09 Å². The first-order chi connectivity index (χ1) is 12.5. The summed E-state index contributed by atoms with van der Waals surface area (Å²) in [6.45, 7) is 3.62. The van der Waals surface area contributed by atoms with Crippen molar-refractivity contribution < 1.29 is 19.1 Å². The molecule has 26 heavy (non-hydrogen) atoms. The van der Waals surface area contributed by atoms with E-state index in [0.717, 1.165) is 5.56 Å². The van der Waals surface area contributed by atoms with Gasteiger partial charge in [0.2, 0.25) is 11.8 Å². The highest BCUT2D eigenvalue weighted by Crippen LogP contribution is 2.07. The Kier molecular flexibility index (Phi) is 7.20. The highest BCUT2D eigenvalue weighted by atomic mass is 16.5. The summed E-state index contributed by atoms with van der Waals surface area (Å²) in [5, 5.41) is 2.69. The molecule has 1 unspecified atom stereocenters. The Bertz CT molecular complexity index is 660. The molecule has 1 aromatic rings. The Morgan fingerprint density at radius 2 is 1.73 bits per heavy atom. The van der Waals surface area contributed by atoms with E-state index in [1.165, 1.54) is 13.2 Å². The zero-order valence-electron chi connectivity index (χ0n) is 15.2. The summed E-state index contributed by atoms with van der Waals surface area (Å²) in [6.07, 6.45) is 3.41. The minimum absolute atomic E-state index is 0.154. The zero-order valence-corrected chi connectivity index (χ0v) is 15.2. The van der Waals surface area contributed by atoms with Crippen LogP contribution in [0.1, 0.15) is 18.9 Å². The second-order valence-electron chi connectivity index (χ2n) is 6.11. The van der Waals surface area contributed by atoms with Crippen LogP contribution in [0.3, 0.4) is 0 Å². The van der Waals surface area contributed by atoms with Gasteiger partial charge in [-0.15, -0.1) is 0 Å². The van der Waals surface area contributed by atoms with Crippen LogP contribution in [0.15, 0.2) is 36.4 Å². The minimum Gasteiger partial charge on any atom is -0.453 e. The van der Waals surface area contributed by atoms with E-state index >= 15 is 0 Å². The van der Waals surface area contributed by atoms with Crippen LogP contribution >= 0.6 is 0 Å². The molecule has 1 aliphatic rings. The molecule has 2 rings (SSSR count). The predicted molar refractivity (Wildman–Crippen MR) is 98.3 cm³/mol. The number of methoxy groups -OCH3 is 1. The van der Waals surface area contributed by atoms with E-state index < -0.39 is 6.04 Å². The van der Waals surface area contributed by atoms with Crippen LogP contribution in [0, 0.1) is 0 Å². The first-order valence-corrected chi connectivity index (χ1v) is 8.66. The van der Waals surface area contributed by atoms with Crippen molar-refractivity contribution in [1.82, 2.24) is 15.1 Å². The Labute approximate surface area is 153 Å². The number of benzene rings is 1. The summed E-state index contributed by atoms with van der Waals surface area (Å²) in [4.78, 5) is 39.4. The molecule has 0 radical (unpaired) electrons. The minimum atomic E-state index is -0.632. The number of nitrogens with one attached hydrogen (secondary N) is 1. The number of ether oxygens (including phenoxy) is 1. The van der Waals surface area contributed by atoms with Crippen LogP contribution < -0.4 is 5.32 Å². The van der Waals surface area contributed by atoms with Gasteiger partial charge in [-0.05, 0) is 25.0 Å². The first kappa shape index (κ1) is 19.5. The van der Waals surface area contributed by atoms with E-state index in [9.17, 15) is 14.4 Å². The second kappa shape index (κ2) is 9.60. The fourth-order valence-corrected chi connectivity index (χ4v) is 2.78. The van der Waals surface area contributed by atoms with Crippen molar-refractivity contribution in [2.45, 2.75) is 19.4 Å². The van der Waals surface area contributed by atoms with E-state index in [4.69, 9.17) is 4.74 Å². The molecule has 7 heteroatoms. The third-order valence-corrected chi connectivity index (χ3v) is 4.20. The summed E-state index contributed by atoms with van der Waals surface area (Å²) in [5.41, 5.74) is 0.914. The molecule has 1 saturated heterocycles. The number of carbonyl (C=O) groups is 3. The molecule has 1 aliphatic heterocycles. The molecule has 0 saturated carbocycles. The fraction of sp³-hybridized carbons (Fsp3) is 0.421. The van der Waals surface area contributed by atoms with Gasteiger partial charge in [-0.25, -0.2) is 4.79 Å². The van der Waals surface area contributed by atoms with E-state index in [0.29, 0.717) is 32.6 Å². The Balaban J connectivity index is 1.85. The third kappa shape index (κ3) is 5.61. The average molecular weight is 359 g/mol. The van der Waals surface area contributed by atoms with Gasteiger partial charge in [0, 0.05) is 32.3 Å². The molecule has 1 heterocycles. The molecular formula is C19H25N3O4. The van der Waals surface area contributed by atoms with Crippen LogP contribution in [0.2, 0.25) is 0 Å². The number of hydrogen-bond donors (Lipinski definition) is 1. The maximum absolute atomic E-state index is 12.6. The molecule has 1 atom stereocenters. The van der Waals surface area contributed by atoms with Crippen LogP contribution in [-0.2, 0) is 14.3 Å². The molecule has 0 aliphatic carbocycles. The lowest BCUT2D eigenvalue weighted by Gasteiger charge is -2.24. The molecule has 1 N–H and O–H groups in total. The van der Waals surface area contributed by atoms with E-state index in [1.807, 2.05) is 30.3 Å². The van der Waals surface area contributed by atoms with Crippen molar-refractivity contribution in [2.75, 3.05) is 33.3 Å². The number of amides is 3. The third-order valence-electron chi connectivity index (χ3n) is 4.20. The van der Waals surface area contributed by atoms with Gasteiger partial charge in [-0.2, -0.15) is 0 Å². The van der Waals surface area contributed by atoms with E-state index in [1.54, 1.807) is 22.8 Å².